The SMILES string of the molecule is N#Cc1ccc(N2CCOCC2CO)c(F)c1F. The van der Waals surface area contributed by atoms with Crippen molar-refractivity contribution in [3.8, 4) is 6.07 Å². The normalized spacial score (nSPS) is 19.7. The Morgan fingerprint density at radius 2 is 2.22 bits per heavy atom. The van der Waals surface area contributed by atoms with Gasteiger partial charge in [-0.2, -0.15) is 5.26 Å². The maximum absolute atomic E-state index is 13.9. The summed E-state index contributed by atoms with van der Waals surface area (Å²) in [4.78, 5) is 1.56. The van der Waals surface area contributed by atoms with E-state index in [1.54, 1.807) is 11.0 Å². The van der Waals surface area contributed by atoms with E-state index in [2.05, 4.69) is 0 Å². The lowest BCUT2D eigenvalue weighted by Crippen LogP contribution is -2.48. The van der Waals surface area contributed by atoms with Crippen molar-refractivity contribution in [3.63, 3.8) is 0 Å². The van der Waals surface area contributed by atoms with Crippen molar-refractivity contribution in [3.05, 3.63) is 29.3 Å². The van der Waals surface area contributed by atoms with Gasteiger partial charge in [0, 0.05) is 6.54 Å². The minimum atomic E-state index is -1.15. The summed E-state index contributed by atoms with van der Waals surface area (Å²) in [5.41, 5.74) is -0.279. The van der Waals surface area contributed by atoms with Gasteiger partial charge in [0.2, 0.25) is 0 Å². The van der Waals surface area contributed by atoms with Gasteiger partial charge in [0.25, 0.3) is 0 Å². The summed E-state index contributed by atoms with van der Waals surface area (Å²) in [5, 5.41) is 17.8. The summed E-state index contributed by atoms with van der Waals surface area (Å²) < 4.78 is 32.6. The Balaban J connectivity index is 2.38. The second-order valence-corrected chi connectivity index (χ2v) is 3.98. The zero-order valence-electron chi connectivity index (χ0n) is 9.57. The van der Waals surface area contributed by atoms with Crippen LogP contribution in [0.1, 0.15) is 5.56 Å². The predicted octanol–water partition coefficient (Wildman–Crippen LogP) is 1.03. The molecule has 4 nitrogen and oxygen atoms in total. The minimum absolute atomic E-state index is 0.0499. The monoisotopic (exact) mass is 254 g/mol. The molecule has 1 aliphatic rings. The number of halogens is 2. The van der Waals surface area contributed by atoms with E-state index in [9.17, 15) is 13.9 Å². The third-order valence-electron chi connectivity index (χ3n) is 2.93. The number of aliphatic hydroxyl groups excluding tert-OH is 1. The lowest BCUT2D eigenvalue weighted by molar-refractivity contribution is 0.0723. The third kappa shape index (κ3) is 2.15. The highest BCUT2D eigenvalue weighted by Gasteiger charge is 2.26. The number of ether oxygens (including phenoxy) is 1. The molecule has 0 saturated carbocycles. The molecule has 96 valence electrons. The molecule has 1 heterocycles. The average Bonchev–Trinajstić information content (AvgIpc) is 2.42. The van der Waals surface area contributed by atoms with Crippen molar-refractivity contribution in [2.45, 2.75) is 6.04 Å². The first-order valence-electron chi connectivity index (χ1n) is 5.52. The van der Waals surface area contributed by atoms with Gasteiger partial charge in [0.15, 0.2) is 11.6 Å². The highest BCUT2D eigenvalue weighted by molar-refractivity contribution is 5.53. The Hall–Kier alpha value is -1.71. The van der Waals surface area contributed by atoms with Crippen molar-refractivity contribution in [2.24, 2.45) is 0 Å². The van der Waals surface area contributed by atoms with E-state index >= 15 is 0 Å². The van der Waals surface area contributed by atoms with Crippen molar-refractivity contribution >= 4 is 5.69 Å². The van der Waals surface area contributed by atoms with Gasteiger partial charge in [-0.3, -0.25) is 0 Å². The van der Waals surface area contributed by atoms with Gasteiger partial charge in [0.1, 0.15) is 6.07 Å². The third-order valence-corrected chi connectivity index (χ3v) is 2.93. The Bertz CT molecular complexity index is 488. The van der Waals surface area contributed by atoms with Gasteiger partial charge in [-0.25, -0.2) is 8.78 Å². The number of benzene rings is 1. The van der Waals surface area contributed by atoms with Crippen LogP contribution in [0.15, 0.2) is 12.1 Å². The largest absolute Gasteiger partial charge is 0.394 e. The molecule has 1 N–H and O–H groups in total. The predicted molar refractivity (Wildman–Crippen MR) is 60.1 cm³/mol. The van der Waals surface area contributed by atoms with Gasteiger partial charge >= 0.3 is 0 Å². The number of morpholine rings is 1. The van der Waals surface area contributed by atoms with Crippen LogP contribution in [0.25, 0.3) is 0 Å². The topological polar surface area (TPSA) is 56.5 Å². The first-order chi connectivity index (χ1) is 8.69. The standard InChI is InChI=1S/C12H12F2N2O2/c13-11-8(5-15)1-2-10(12(11)14)16-3-4-18-7-9(16)6-17/h1-2,9,17H,3-4,6-7H2. The van der Waals surface area contributed by atoms with E-state index in [-0.39, 0.29) is 24.5 Å². The van der Waals surface area contributed by atoms with Gasteiger partial charge in [-0.1, -0.05) is 0 Å². The first-order valence-corrected chi connectivity index (χ1v) is 5.52. The number of hydrogen-bond acceptors (Lipinski definition) is 4. The first kappa shape index (κ1) is 12.7. The maximum Gasteiger partial charge on any atom is 0.183 e. The lowest BCUT2D eigenvalue weighted by atomic mass is 10.1. The van der Waals surface area contributed by atoms with Crippen LogP contribution in [0, 0.1) is 23.0 Å². The zero-order valence-corrected chi connectivity index (χ0v) is 9.57. The van der Waals surface area contributed by atoms with Crippen molar-refractivity contribution in [1.29, 1.82) is 5.26 Å². The van der Waals surface area contributed by atoms with E-state index < -0.39 is 17.7 Å². The summed E-state index contributed by atoms with van der Waals surface area (Å²) >= 11 is 0. The molecule has 2 rings (SSSR count). The second kappa shape index (κ2) is 5.29. The Morgan fingerprint density at radius 1 is 1.44 bits per heavy atom. The molecular weight excluding hydrogens is 242 g/mol. The van der Waals surface area contributed by atoms with Gasteiger partial charge in [-0.15, -0.1) is 0 Å². The van der Waals surface area contributed by atoms with Crippen LogP contribution in [0.3, 0.4) is 0 Å². The van der Waals surface area contributed by atoms with Crippen molar-refractivity contribution in [1.82, 2.24) is 0 Å². The van der Waals surface area contributed by atoms with Crippen LogP contribution in [0.5, 0.6) is 0 Å². The summed E-state index contributed by atoms with van der Waals surface area (Å²) in [5.74, 6) is -2.22. The summed E-state index contributed by atoms with van der Waals surface area (Å²) in [7, 11) is 0. The Kier molecular flexibility index (Phi) is 3.75. The molecule has 6 heteroatoms. The van der Waals surface area contributed by atoms with E-state index in [0.717, 1.165) is 0 Å². The van der Waals surface area contributed by atoms with Crippen LogP contribution >= 0.6 is 0 Å². The summed E-state index contributed by atoms with van der Waals surface area (Å²) in [6.07, 6.45) is 0. The van der Waals surface area contributed by atoms with Crippen molar-refractivity contribution < 1.29 is 18.6 Å². The number of rotatable bonds is 2. The molecule has 0 aliphatic carbocycles. The lowest BCUT2D eigenvalue weighted by Gasteiger charge is -2.36. The number of anilines is 1. The molecule has 1 fully saturated rings. The van der Waals surface area contributed by atoms with Crippen molar-refractivity contribution in [2.75, 3.05) is 31.3 Å². The molecule has 1 unspecified atom stereocenters. The number of aliphatic hydroxyl groups is 1. The van der Waals surface area contributed by atoms with E-state index in [0.29, 0.717) is 13.2 Å². The molecule has 0 amide bonds. The molecule has 0 spiro atoms. The van der Waals surface area contributed by atoms with E-state index in [1.807, 2.05) is 0 Å². The minimum Gasteiger partial charge on any atom is -0.394 e. The van der Waals surface area contributed by atoms with Crippen LogP contribution in [0.2, 0.25) is 0 Å². The zero-order chi connectivity index (χ0) is 13.1. The molecule has 18 heavy (non-hydrogen) atoms. The van der Waals surface area contributed by atoms with Crippen LogP contribution < -0.4 is 4.90 Å². The number of nitriles is 1. The molecule has 0 aromatic heterocycles. The molecule has 0 bridgehead atoms. The average molecular weight is 254 g/mol. The quantitative estimate of drug-likeness (QED) is 0.856. The molecular formula is C12H12F2N2O2. The van der Waals surface area contributed by atoms with Gasteiger partial charge in [-0.05, 0) is 12.1 Å². The molecule has 1 atom stereocenters. The summed E-state index contributed by atoms with van der Waals surface area (Å²) in [6.45, 7) is 0.809. The van der Waals surface area contributed by atoms with Gasteiger partial charge in [0.05, 0.1) is 37.1 Å². The smallest absolute Gasteiger partial charge is 0.183 e. The van der Waals surface area contributed by atoms with E-state index in [1.165, 1.54) is 12.1 Å². The molecule has 1 aliphatic heterocycles. The molecule has 0 radical (unpaired) electrons. The molecule has 1 aromatic carbocycles. The molecule has 1 saturated heterocycles. The maximum atomic E-state index is 13.9. The second-order valence-electron chi connectivity index (χ2n) is 3.98. The Labute approximate surface area is 103 Å². The highest BCUT2D eigenvalue weighted by atomic mass is 19.2. The number of hydrogen-bond donors (Lipinski definition) is 1. The van der Waals surface area contributed by atoms with Crippen LogP contribution in [-0.2, 0) is 4.74 Å². The fraction of sp³-hybridized carbons (Fsp3) is 0.417. The fourth-order valence-corrected chi connectivity index (χ4v) is 1.97. The Morgan fingerprint density at radius 3 is 2.89 bits per heavy atom. The van der Waals surface area contributed by atoms with Crippen LogP contribution in [-0.4, -0.2) is 37.5 Å². The molecule has 1 aromatic rings. The fourth-order valence-electron chi connectivity index (χ4n) is 1.97. The van der Waals surface area contributed by atoms with E-state index in [4.69, 9.17) is 10.00 Å². The number of nitrogens with zero attached hydrogens (tertiary/aromatic N) is 2. The van der Waals surface area contributed by atoms with Gasteiger partial charge < -0.3 is 14.7 Å². The summed E-state index contributed by atoms with van der Waals surface area (Å²) in [6, 6.07) is 3.77. The van der Waals surface area contributed by atoms with Crippen LogP contribution in [0.4, 0.5) is 14.5 Å². The highest BCUT2D eigenvalue weighted by Crippen LogP contribution is 2.26.